The van der Waals surface area contributed by atoms with E-state index in [1.54, 1.807) is 29.2 Å². The lowest BCUT2D eigenvalue weighted by Gasteiger charge is -2.22. The van der Waals surface area contributed by atoms with Crippen LogP contribution < -0.4 is 16.0 Å². The van der Waals surface area contributed by atoms with E-state index in [4.69, 9.17) is 11.0 Å². The maximum absolute atomic E-state index is 12.9. The van der Waals surface area contributed by atoms with Crippen LogP contribution in [-0.4, -0.2) is 23.9 Å². The van der Waals surface area contributed by atoms with E-state index >= 15 is 0 Å². The molecule has 1 fully saturated rings. The highest BCUT2D eigenvalue weighted by atomic mass is 16.2. The van der Waals surface area contributed by atoms with Gasteiger partial charge in [-0.25, -0.2) is 0 Å². The molecule has 26 heavy (non-hydrogen) atoms. The zero-order chi connectivity index (χ0) is 18.7. The number of hydrogen-bond donors (Lipinski definition) is 2. The number of nitrogens with one attached hydrogen (secondary N) is 1. The zero-order valence-electron chi connectivity index (χ0n) is 14.4. The van der Waals surface area contributed by atoms with Gasteiger partial charge in [-0.05, 0) is 43.2 Å². The summed E-state index contributed by atoms with van der Waals surface area (Å²) in [5.41, 5.74) is 7.52. The molecule has 6 nitrogen and oxygen atoms in total. The van der Waals surface area contributed by atoms with Crippen molar-refractivity contribution in [3.63, 3.8) is 0 Å². The lowest BCUT2D eigenvalue weighted by Crippen LogP contribution is -2.44. The maximum Gasteiger partial charge on any atom is 0.244 e. The van der Waals surface area contributed by atoms with Crippen LogP contribution >= 0.6 is 0 Å². The number of para-hydroxylation sites is 1. The molecular formula is C20H20N4O2. The first-order chi connectivity index (χ1) is 12.5. The fourth-order valence-electron chi connectivity index (χ4n) is 3.34. The molecule has 3 rings (SSSR count). The van der Waals surface area contributed by atoms with E-state index in [1.165, 1.54) is 0 Å². The summed E-state index contributed by atoms with van der Waals surface area (Å²) in [4.78, 5) is 26.6. The van der Waals surface area contributed by atoms with Crippen LogP contribution in [0.1, 0.15) is 30.5 Å². The van der Waals surface area contributed by atoms with E-state index < -0.39 is 18.0 Å². The first-order valence-electron chi connectivity index (χ1n) is 8.45. The van der Waals surface area contributed by atoms with Gasteiger partial charge in [0.05, 0.1) is 17.7 Å². The van der Waals surface area contributed by atoms with Crippen LogP contribution in [0.3, 0.4) is 0 Å². The summed E-state index contributed by atoms with van der Waals surface area (Å²) in [7, 11) is 0. The molecule has 3 atom stereocenters. The number of rotatable bonds is 5. The molecule has 0 spiro atoms. The molecule has 1 aliphatic rings. The van der Waals surface area contributed by atoms with Crippen LogP contribution in [0, 0.1) is 11.3 Å². The Morgan fingerprint density at radius 3 is 2.46 bits per heavy atom. The molecule has 2 aromatic rings. The van der Waals surface area contributed by atoms with Gasteiger partial charge < -0.3 is 10.6 Å². The highest BCUT2D eigenvalue weighted by Crippen LogP contribution is 2.28. The molecular weight excluding hydrogens is 328 g/mol. The topological polar surface area (TPSA) is 99.2 Å². The molecule has 0 saturated carbocycles. The van der Waals surface area contributed by atoms with Crippen molar-refractivity contribution >= 4 is 17.5 Å². The number of hydrogen-bond acceptors (Lipinski definition) is 4. The second-order valence-electron chi connectivity index (χ2n) is 6.42. The van der Waals surface area contributed by atoms with Gasteiger partial charge in [-0.15, -0.1) is 0 Å². The third-order valence-electron chi connectivity index (χ3n) is 4.61. The van der Waals surface area contributed by atoms with Gasteiger partial charge in [-0.2, -0.15) is 5.26 Å². The Balaban J connectivity index is 1.80. The van der Waals surface area contributed by atoms with E-state index in [1.807, 2.05) is 43.3 Å². The first-order valence-corrected chi connectivity index (χ1v) is 8.45. The van der Waals surface area contributed by atoms with E-state index in [0.29, 0.717) is 17.5 Å². The summed E-state index contributed by atoms with van der Waals surface area (Å²) in [5.74, 6) is -0.642. The number of nitriles is 1. The highest BCUT2D eigenvalue weighted by Gasteiger charge is 2.39. The average Bonchev–Trinajstić information content (AvgIpc) is 2.93. The molecule has 1 saturated heterocycles. The fraction of sp³-hybridized carbons (Fsp3) is 0.250. The molecule has 2 aromatic carbocycles. The Bertz CT molecular complexity index is 842. The molecule has 0 bridgehead atoms. The Labute approximate surface area is 152 Å². The highest BCUT2D eigenvalue weighted by molar-refractivity contribution is 6.00. The van der Waals surface area contributed by atoms with Gasteiger partial charge in [0.15, 0.2) is 0 Å². The van der Waals surface area contributed by atoms with Crippen LogP contribution in [0.25, 0.3) is 0 Å². The molecule has 0 aliphatic carbocycles. The quantitative estimate of drug-likeness (QED) is 0.861. The maximum atomic E-state index is 12.9. The second kappa shape index (κ2) is 7.38. The number of carbonyl (C=O) groups excluding carboxylic acids is 2. The predicted octanol–water partition coefficient (Wildman–Crippen LogP) is 1.87. The molecule has 3 N–H and O–H groups in total. The number of anilines is 1. The van der Waals surface area contributed by atoms with E-state index in [9.17, 15) is 9.59 Å². The Kier molecular flexibility index (Phi) is 5.01. The van der Waals surface area contributed by atoms with Gasteiger partial charge in [-0.3, -0.25) is 14.9 Å². The van der Waals surface area contributed by atoms with Crippen molar-refractivity contribution in [1.82, 2.24) is 5.32 Å². The van der Waals surface area contributed by atoms with E-state index in [0.717, 1.165) is 5.69 Å². The minimum Gasteiger partial charge on any atom is -0.368 e. The Morgan fingerprint density at radius 1 is 1.23 bits per heavy atom. The van der Waals surface area contributed by atoms with Gasteiger partial charge in [0.25, 0.3) is 0 Å². The van der Waals surface area contributed by atoms with E-state index in [2.05, 4.69) is 5.32 Å². The first kappa shape index (κ1) is 17.6. The van der Waals surface area contributed by atoms with Gasteiger partial charge in [0.2, 0.25) is 11.8 Å². The Morgan fingerprint density at radius 2 is 1.88 bits per heavy atom. The molecule has 1 aliphatic heterocycles. The number of nitrogens with zero attached hydrogens (tertiary/aromatic N) is 2. The summed E-state index contributed by atoms with van der Waals surface area (Å²) in [6, 6.07) is 16.8. The number of nitrogens with two attached hydrogens (primary N) is 1. The van der Waals surface area contributed by atoms with Crippen molar-refractivity contribution in [2.45, 2.75) is 31.5 Å². The summed E-state index contributed by atoms with van der Waals surface area (Å²) >= 11 is 0. The standard InChI is InChI=1S/C20H20N4O2/c1-13-11-17(20(26)24(13)16-5-3-2-4-6-16)23-18(19(22)25)15-9-7-14(12-21)8-10-15/h2-10,13,17-18,23H,11H2,1H3,(H2,22,25)/t13-,17-,18+/m1/s1. The lowest BCUT2D eigenvalue weighted by molar-refractivity contribution is -0.121. The number of benzene rings is 2. The van der Waals surface area contributed by atoms with E-state index in [-0.39, 0.29) is 11.9 Å². The minimum atomic E-state index is -0.792. The number of primary amides is 1. The van der Waals surface area contributed by atoms with Crippen molar-refractivity contribution in [1.29, 1.82) is 5.26 Å². The third kappa shape index (κ3) is 3.44. The van der Waals surface area contributed by atoms with Crippen LogP contribution in [0.15, 0.2) is 54.6 Å². The SMILES string of the molecule is C[C@@H]1C[C@@H](N[C@H](C(N)=O)c2ccc(C#N)cc2)C(=O)N1c1ccccc1. The largest absolute Gasteiger partial charge is 0.368 e. The lowest BCUT2D eigenvalue weighted by atomic mass is 10.0. The van der Waals surface area contributed by atoms with Crippen LogP contribution in [0.2, 0.25) is 0 Å². The summed E-state index contributed by atoms with van der Waals surface area (Å²) in [6.45, 7) is 1.98. The molecule has 0 unspecified atom stereocenters. The summed E-state index contributed by atoms with van der Waals surface area (Å²) in [6.07, 6.45) is 0.577. The van der Waals surface area contributed by atoms with Crippen molar-refractivity contribution in [2.75, 3.05) is 4.90 Å². The van der Waals surface area contributed by atoms with Crippen molar-refractivity contribution < 1.29 is 9.59 Å². The molecule has 1 heterocycles. The monoisotopic (exact) mass is 348 g/mol. The van der Waals surface area contributed by atoms with Gasteiger partial charge in [0, 0.05) is 11.7 Å². The van der Waals surface area contributed by atoms with Gasteiger partial charge in [0.1, 0.15) is 6.04 Å². The molecule has 6 heteroatoms. The minimum absolute atomic E-state index is 0.0110. The molecule has 2 amide bonds. The second-order valence-corrected chi connectivity index (χ2v) is 6.42. The fourth-order valence-corrected chi connectivity index (χ4v) is 3.34. The van der Waals surface area contributed by atoms with Crippen molar-refractivity contribution in [2.24, 2.45) is 5.73 Å². The smallest absolute Gasteiger partial charge is 0.244 e. The third-order valence-corrected chi connectivity index (χ3v) is 4.61. The summed E-state index contributed by atoms with van der Waals surface area (Å²) < 4.78 is 0. The number of carbonyl (C=O) groups is 2. The molecule has 0 radical (unpaired) electrons. The molecule has 0 aromatic heterocycles. The Hall–Kier alpha value is -3.17. The zero-order valence-corrected chi connectivity index (χ0v) is 14.4. The van der Waals surface area contributed by atoms with Crippen LogP contribution in [0.5, 0.6) is 0 Å². The van der Waals surface area contributed by atoms with Crippen LogP contribution in [0.4, 0.5) is 5.69 Å². The van der Waals surface area contributed by atoms with Crippen LogP contribution in [-0.2, 0) is 9.59 Å². The molecule has 132 valence electrons. The summed E-state index contributed by atoms with van der Waals surface area (Å²) in [5, 5.41) is 12.0. The van der Waals surface area contributed by atoms with Gasteiger partial charge in [-0.1, -0.05) is 30.3 Å². The number of amides is 2. The van der Waals surface area contributed by atoms with Crippen molar-refractivity contribution in [3.05, 3.63) is 65.7 Å². The predicted molar refractivity (Wildman–Crippen MR) is 98.0 cm³/mol. The van der Waals surface area contributed by atoms with Crippen molar-refractivity contribution in [3.8, 4) is 6.07 Å². The normalized spacial score (nSPS) is 20.6. The van der Waals surface area contributed by atoms with Gasteiger partial charge >= 0.3 is 0 Å². The average molecular weight is 348 g/mol.